The van der Waals surface area contributed by atoms with Crippen molar-refractivity contribution in [3.8, 4) is 0 Å². The molecule has 0 saturated carbocycles. The summed E-state index contributed by atoms with van der Waals surface area (Å²) in [5.41, 5.74) is 0. The van der Waals surface area contributed by atoms with Crippen molar-refractivity contribution in [3.63, 3.8) is 0 Å². The first kappa shape index (κ1) is 32.5. The predicted octanol–water partition coefficient (Wildman–Crippen LogP) is -3.42. The monoisotopic (exact) mass is 422 g/mol. The molecule has 0 aliphatic rings. The van der Waals surface area contributed by atoms with Gasteiger partial charge in [-0.1, -0.05) is 0 Å². The Labute approximate surface area is 166 Å². The molecular formula is C3H8Cr3Na2O11. The Morgan fingerprint density at radius 2 is 1.05 bits per heavy atom. The van der Waals surface area contributed by atoms with Crippen molar-refractivity contribution in [1.29, 1.82) is 0 Å². The molecule has 0 amide bonds. The van der Waals surface area contributed by atoms with Crippen LogP contribution in [0.1, 0.15) is 6.42 Å². The summed E-state index contributed by atoms with van der Waals surface area (Å²) in [7, 11) is 0. The topological polar surface area (TPSA) is 193 Å². The van der Waals surface area contributed by atoms with Gasteiger partial charge >= 0.3 is 125 Å². The van der Waals surface area contributed by atoms with Crippen LogP contribution < -0.4 is 0 Å². The molecule has 0 rings (SSSR count). The van der Waals surface area contributed by atoms with E-state index < -0.39 is 45.6 Å². The van der Waals surface area contributed by atoms with Crippen LogP contribution in [0.4, 0.5) is 0 Å². The normalized spacial score (nSPS) is 9.37. The minimum atomic E-state index is -5.76. The van der Waals surface area contributed by atoms with Crippen LogP contribution in [-0.4, -0.2) is 89.6 Å². The van der Waals surface area contributed by atoms with E-state index in [1.54, 1.807) is 0 Å². The Hall–Kier alpha value is 1.62. The zero-order valence-electron chi connectivity index (χ0n) is 7.58. The van der Waals surface area contributed by atoms with Crippen molar-refractivity contribution in [2.24, 2.45) is 0 Å². The van der Waals surface area contributed by atoms with E-state index in [1.165, 1.54) is 0 Å². The van der Waals surface area contributed by atoms with Crippen LogP contribution in [0.2, 0.25) is 0 Å². The molecule has 0 aromatic carbocycles. The van der Waals surface area contributed by atoms with Gasteiger partial charge in [0.15, 0.2) is 0 Å². The van der Waals surface area contributed by atoms with Gasteiger partial charge in [0.2, 0.25) is 0 Å². The maximum absolute atomic E-state index is 9.53. The van der Waals surface area contributed by atoms with E-state index in [0.717, 1.165) is 0 Å². The first-order valence-electron chi connectivity index (χ1n) is 2.93. The van der Waals surface area contributed by atoms with Crippen LogP contribution in [0.15, 0.2) is 0 Å². The van der Waals surface area contributed by atoms with Gasteiger partial charge in [0, 0.05) is 17.4 Å². The fourth-order valence-corrected chi connectivity index (χ4v) is 1.98. The maximum atomic E-state index is 9.53. The molecule has 0 fully saturated rings. The van der Waals surface area contributed by atoms with Crippen molar-refractivity contribution in [2.45, 2.75) is 6.42 Å². The minimum absolute atomic E-state index is 0. The van der Waals surface area contributed by atoms with E-state index in [1.807, 2.05) is 0 Å². The van der Waals surface area contributed by atoms with Gasteiger partial charge in [-0.2, -0.15) is 0 Å². The second-order valence-corrected chi connectivity index (χ2v) is 5.65. The van der Waals surface area contributed by atoms with Crippen LogP contribution in [0, 0.1) is 0 Å². The van der Waals surface area contributed by atoms with Gasteiger partial charge in [0.25, 0.3) is 0 Å². The fraction of sp³-hybridized carbons (Fsp3) is 0.333. The van der Waals surface area contributed by atoms with Gasteiger partial charge < -0.3 is 10.2 Å². The number of hydrogen-bond acceptors (Lipinski definition) is 7. The van der Waals surface area contributed by atoms with Gasteiger partial charge in [-0.3, -0.25) is 9.59 Å². The third kappa shape index (κ3) is 45.1. The van der Waals surface area contributed by atoms with E-state index in [0.29, 0.717) is 0 Å². The summed E-state index contributed by atoms with van der Waals surface area (Å²) in [4.78, 5) is 18.9. The zero-order chi connectivity index (χ0) is 13.6. The standard InChI is InChI=1S/C3H4O4.3Cr.2Na.2H2O.5O.2H/c4-2(5)1-3(6)7;;;;;;;;;;;;;;/h1H2,(H,4,5)(H,6,7);;;;;;2*1H2;;;;;;;/q;;2*+1;;;;;;;;;;;/p-2. The summed E-state index contributed by atoms with van der Waals surface area (Å²) < 4.78 is 56.3. The molecule has 0 bridgehead atoms. The first-order valence-corrected chi connectivity index (χ1v) is 7.19. The molecule has 19 heavy (non-hydrogen) atoms. The Morgan fingerprint density at radius 1 is 0.842 bits per heavy atom. The van der Waals surface area contributed by atoms with E-state index in [9.17, 15) is 24.8 Å². The summed E-state index contributed by atoms with van der Waals surface area (Å²) in [6.07, 6.45) is -0.806. The van der Waals surface area contributed by atoms with Crippen LogP contribution in [-0.2, 0) is 72.2 Å². The molecule has 0 saturated heterocycles. The van der Waals surface area contributed by atoms with Gasteiger partial charge in [0.05, 0.1) is 0 Å². The van der Waals surface area contributed by atoms with E-state index in [4.69, 9.17) is 18.5 Å². The SMILES string of the molecule is O=C(O)CC(=O)O.[Cr].[NaH].[NaH].[O]=[Cr](=[O])([OH])[O][Cr](=[O])(=[O])[OH]. The molecule has 0 aliphatic heterocycles. The van der Waals surface area contributed by atoms with Crippen LogP contribution in [0.5, 0.6) is 0 Å². The van der Waals surface area contributed by atoms with Crippen LogP contribution >= 0.6 is 0 Å². The molecule has 0 aromatic rings. The molecule has 0 radical (unpaired) electrons. The number of carboxylic acid groups (broad SMARTS) is 2. The van der Waals surface area contributed by atoms with E-state index >= 15 is 0 Å². The summed E-state index contributed by atoms with van der Waals surface area (Å²) in [5.74, 6) is -2.62. The molecular weight excluding hydrogens is 414 g/mol. The zero-order valence-corrected chi connectivity index (χ0v) is 11.4. The predicted molar refractivity (Wildman–Crippen MR) is 42.5 cm³/mol. The number of hydrogen-bond donors (Lipinski definition) is 4. The molecule has 0 aliphatic carbocycles. The summed E-state index contributed by atoms with van der Waals surface area (Å²) in [6.45, 7) is 0. The van der Waals surface area contributed by atoms with Crippen molar-refractivity contribution in [3.05, 3.63) is 0 Å². The Bertz CT molecular complexity index is 410. The number of carbonyl (C=O) groups is 2. The van der Waals surface area contributed by atoms with Crippen molar-refractivity contribution in [1.82, 2.24) is 0 Å². The molecule has 0 spiro atoms. The van der Waals surface area contributed by atoms with Gasteiger partial charge in [-0.15, -0.1) is 0 Å². The molecule has 0 aromatic heterocycles. The average Bonchev–Trinajstić information content (AvgIpc) is 1.72. The Kier molecular flexibility index (Phi) is 24.9. The summed E-state index contributed by atoms with van der Waals surface area (Å²) in [5, 5.41) is 15.4. The average molecular weight is 422 g/mol. The number of rotatable bonds is 4. The summed E-state index contributed by atoms with van der Waals surface area (Å²) in [6, 6.07) is 0. The second-order valence-electron chi connectivity index (χ2n) is 1.89. The van der Waals surface area contributed by atoms with Crippen LogP contribution in [0.3, 0.4) is 0 Å². The van der Waals surface area contributed by atoms with Crippen molar-refractivity contribution in [2.75, 3.05) is 0 Å². The third-order valence-corrected chi connectivity index (χ3v) is 3.23. The molecule has 0 atom stereocenters. The first-order chi connectivity index (χ1) is 6.83. The summed E-state index contributed by atoms with van der Waals surface area (Å²) >= 11 is -11.5. The molecule has 0 heterocycles. The van der Waals surface area contributed by atoms with Gasteiger partial charge in [-0.25, -0.2) is 0 Å². The third-order valence-electron chi connectivity index (χ3n) is 0.474. The molecule has 0 unspecified atom stereocenters. The molecule has 16 heteroatoms. The number of aliphatic carboxylic acids is 2. The van der Waals surface area contributed by atoms with Crippen molar-refractivity contribution < 1.29 is 90.8 Å². The Morgan fingerprint density at radius 3 is 1.05 bits per heavy atom. The van der Waals surface area contributed by atoms with E-state index in [-0.39, 0.29) is 76.5 Å². The van der Waals surface area contributed by atoms with Gasteiger partial charge in [-0.05, 0) is 0 Å². The number of carboxylic acids is 2. The fourth-order valence-electron chi connectivity index (χ4n) is 0.238. The Balaban J connectivity index is -0.0000000607. The van der Waals surface area contributed by atoms with E-state index in [2.05, 4.69) is 2.84 Å². The van der Waals surface area contributed by atoms with Crippen LogP contribution in [0.25, 0.3) is 0 Å². The van der Waals surface area contributed by atoms with Crippen molar-refractivity contribution >= 4 is 71.1 Å². The molecule has 4 N–H and O–H groups in total. The molecule has 11 nitrogen and oxygen atoms in total. The van der Waals surface area contributed by atoms with Gasteiger partial charge in [0.1, 0.15) is 6.42 Å². The second kappa shape index (κ2) is 14.6. The molecule has 106 valence electrons. The quantitative estimate of drug-likeness (QED) is 0.261.